The Kier molecular flexibility index (Phi) is 5.67. The van der Waals surface area contributed by atoms with E-state index in [1.165, 1.54) is 12.7 Å². The van der Waals surface area contributed by atoms with Gasteiger partial charge in [-0.3, -0.25) is 19.3 Å². The number of benzene rings is 1. The highest BCUT2D eigenvalue weighted by Gasteiger charge is 2.38. The molecule has 0 saturated carbocycles. The summed E-state index contributed by atoms with van der Waals surface area (Å²) in [6.07, 6.45) is 2.66. The Morgan fingerprint density at radius 1 is 1.31 bits per heavy atom. The zero-order valence-electron chi connectivity index (χ0n) is 17.6. The summed E-state index contributed by atoms with van der Waals surface area (Å²) in [5, 5.41) is -0.488. The fourth-order valence-corrected chi connectivity index (χ4v) is 4.70. The molecule has 2 aliphatic heterocycles. The topological polar surface area (TPSA) is 76.2 Å². The Balaban J connectivity index is 2.00. The number of amides is 2. The van der Waals surface area contributed by atoms with Gasteiger partial charge in [-0.25, -0.2) is 0 Å². The molecule has 1 unspecified atom stereocenters. The fourth-order valence-electron chi connectivity index (χ4n) is 3.87. The van der Waals surface area contributed by atoms with Crippen LogP contribution in [0.4, 0.5) is 10.5 Å². The van der Waals surface area contributed by atoms with Crippen LogP contribution in [-0.2, 0) is 14.3 Å². The van der Waals surface area contributed by atoms with Crippen LogP contribution in [0.15, 0.2) is 17.0 Å². The lowest BCUT2D eigenvalue weighted by molar-refractivity contribution is -0.143. The van der Waals surface area contributed by atoms with E-state index < -0.39 is 23.7 Å². The summed E-state index contributed by atoms with van der Waals surface area (Å²) >= 11 is 0.812. The molecule has 0 spiro atoms. The number of carbonyl (C=O) groups is 3. The minimum atomic E-state index is -0.639. The van der Waals surface area contributed by atoms with Crippen LogP contribution in [0.2, 0.25) is 0 Å². The van der Waals surface area contributed by atoms with Crippen molar-refractivity contribution in [1.29, 1.82) is 0 Å². The standard InChI is InChI=1S/C21H26N2O5S/c1-12-10-21(2,3)22(4)15-9-16(27-5)13(7-14(12)15)8-17-19(25)23(20(26)29-17)11-18(24)28-6/h7-9,12H,10-11H2,1-6H3/b17-8-. The van der Waals surface area contributed by atoms with E-state index in [1.807, 2.05) is 12.1 Å². The maximum Gasteiger partial charge on any atom is 0.325 e. The highest BCUT2D eigenvalue weighted by Crippen LogP contribution is 2.45. The van der Waals surface area contributed by atoms with E-state index in [4.69, 9.17) is 4.74 Å². The number of rotatable bonds is 4. The molecular weight excluding hydrogens is 392 g/mol. The summed E-state index contributed by atoms with van der Waals surface area (Å²) in [5.74, 6) is -0.181. The van der Waals surface area contributed by atoms with E-state index in [9.17, 15) is 14.4 Å². The van der Waals surface area contributed by atoms with Gasteiger partial charge in [-0.1, -0.05) is 6.92 Å². The number of carbonyl (C=O) groups excluding carboxylic acids is 3. The largest absolute Gasteiger partial charge is 0.496 e. The molecule has 1 atom stereocenters. The van der Waals surface area contributed by atoms with Crippen molar-refractivity contribution in [2.45, 2.75) is 38.6 Å². The average molecular weight is 419 g/mol. The Morgan fingerprint density at radius 2 is 2.00 bits per heavy atom. The second-order valence-electron chi connectivity index (χ2n) is 7.97. The Morgan fingerprint density at radius 3 is 2.62 bits per heavy atom. The van der Waals surface area contributed by atoms with Gasteiger partial charge in [0.1, 0.15) is 12.3 Å². The predicted octanol–water partition coefficient (Wildman–Crippen LogP) is 3.63. The van der Waals surface area contributed by atoms with Gasteiger partial charge in [0.2, 0.25) is 0 Å². The van der Waals surface area contributed by atoms with Crippen LogP contribution in [0.5, 0.6) is 5.75 Å². The van der Waals surface area contributed by atoms with Gasteiger partial charge in [0.15, 0.2) is 0 Å². The summed E-state index contributed by atoms with van der Waals surface area (Å²) in [5.41, 5.74) is 3.03. The second kappa shape index (κ2) is 7.74. The summed E-state index contributed by atoms with van der Waals surface area (Å²) in [6, 6.07) is 4.01. The van der Waals surface area contributed by atoms with E-state index >= 15 is 0 Å². The lowest BCUT2D eigenvalue weighted by Crippen LogP contribution is -2.45. The van der Waals surface area contributed by atoms with Crippen LogP contribution in [0, 0.1) is 0 Å². The first kappa shape index (κ1) is 21.2. The highest BCUT2D eigenvalue weighted by molar-refractivity contribution is 8.18. The van der Waals surface area contributed by atoms with Crippen LogP contribution in [0.1, 0.15) is 44.2 Å². The molecule has 0 radical (unpaired) electrons. The van der Waals surface area contributed by atoms with Gasteiger partial charge in [0.05, 0.1) is 19.1 Å². The second-order valence-corrected chi connectivity index (χ2v) is 8.97. The summed E-state index contributed by atoms with van der Waals surface area (Å²) in [7, 11) is 4.87. The van der Waals surface area contributed by atoms with Gasteiger partial charge in [0.25, 0.3) is 11.1 Å². The molecule has 156 valence electrons. The van der Waals surface area contributed by atoms with Crippen molar-refractivity contribution in [2.75, 3.05) is 32.7 Å². The zero-order valence-corrected chi connectivity index (χ0v) is 18.4. The molecule has 8 heteroatoms. The Labute approximate surface area is 175 Å². The molecule has 0 N–H and O–H groups in total. The first-order valence-corrected chi connectivity index (χ1v) is 10.2. The van der Waals surface area contributed by atoms with Crippen molar-refractivity contribution in [3.8, 4) is 5.75 Å². The number of nitrogens with zero attached hydrogens (tertiary/aromatic N) is 2. The average Bonchev–Trinajstić information content (AvgIpc) is 2.92. The van der Waals surface area contributed by atoms with Crippen LogP contribution >= 0.6 is 11.8 Å². The number of thioether (sulfide) groups is 1. The van der Waals surface area contributed by atoms with E-state index in [-0.39, 0.29) is 10.4 Å². The molecule has 1 fully saturated rings. The monoisotopic (exact) mass is 418 g/mol. The first-order valence-electron chi connectivity index (χ1n) is 9.37. The quantitative estimate of drug-likeness (QED) is 0.546. The predicted molar refractivity (Wildman–Crippen MR) is 113 cm³/mol. The number of ether oxygens (including phenoxy) is 2. The van der Waals surface area contributed by atoms with Gasteiger partial charge in [-0.2, -0.15) is 0 Å². The molecule has 0 aliphatic carbocycles. The zero-order chi connectivity index (χ0) is 21.5. The van der Waals surface area contributed by atoms with Crippen LogP contribution in [0.25, 0.3) is 6.08 Å². The minimum absolute atomic E-state index is 0.0233. The third kappa shape index (κ3) is 3.85. The summed E-state index contributed by atoms with van der Waals surface area (Å²) in [4.78, 5) is 39.7. The number of fused-ring (bicyclic) bond motifs is 1. The van der Waals surface area contributed by atoms with E-state index in [1.54, 1.807) is 13.2 Å². The fraction of sp³-hybridized carbons (Fsp3) is 0.476. The van der Waals surface area contributed by atoms with Gasteiger partial charge in [-0.05, 0) is 55.7 Å². The molecule has 2 heterocycles. The van der Waals surface area contributed by atoms with Gasteiger partial charge >= 0.3 is 5.97 Å². The number of methoxy groups -OCH3 is 2. The molecule has 0 aromatic heterocycles. The highest BCUT2D eigenvalue weighted by atomic mass is 32.2. The molecule has 1 aromatic carbocycles. The summed E-state index contributed by atoms with van der Waals surface area (Å²) in [6.45, 7) is 6.22. The third-order valence-corrected chi connectivity index (χ3v) is 6.57. The smallest absolute Gasteiger partial charge is 0.325 e. The molecular formula is C21H26N2O5S. The van der Waals surface area contributed by atoms with Crippen LogP contribution in [0.3, 0.4) is 0 Å². The number of imide groups is 1. The number of hydrogen-bond acceptors (Lipinski definition) is 7. The molecule has 1 aromatic rings. The lowest BCUT2D eigenvalue weighted by Gasteiger charge is -2.45. The van der Waals surface area contributed by atoms with Gasteiger partial charge < -0.3 is 14.4 Å². The Bertz CT molecular complexity index is 909. The maximum absolute atomic E-state index is 12.6. The van der Waals surface area contributed by atoms with Crippen molar-refractivity contribution >= 4 is 40.6 Å². The van der Waals surface area contributed by atoms with Crippen molar-refractivity contribution in [3.63, 3.8) is 0 Å². The number of anilines is 1. The van der Waals surface area contributed by atoms with Crippen molar-refractivity contribution < 1.29 is 23.9 Å². The molecule has 3 rings (SSSR count). The minimum Gasteiger partial charge on any atom is -0.496 e. The van der Waals surface area contributed by atoms with Crippen molar-refractivity contribution in [2.24, 2.45) is 0 Å². The molecule has 0 bridgehead atoms. The molecule has 2 amide bonds. The number of esters is 1. The van der Waals surface area contributed by atoms with Gasteiger partial charge in [-0.15, -0.1) is 0 Å². The molecule has 29 heavy (non-hydrogen) atoms. The molecule has 2 aliphatic rings. The Hall–Kier alpha value is -2.48. The lowest BCUT2D eigenvalue weighted by atomic mass is 9.80. The summed E-state index contributed by atoms with van der Waals surface area (Å²) < 4.78 is 10.1. The SMILES string of the molecule is COC(=O)CN1C(=O)S/C(=C\c2cc3c(cc2OC)N(C)C(C)(C)CC3C)C1=O. The maximum atomic E-state index is 12.6. The van der Waals surface area contributed by atoms with Gasteiger partial charge in [0, 0.05) is 29.9 Å². The van der Waals surface area contributed by atoms with E-state index in [2.05, 4.69) is 37.5 Å². The molecule has 1 saturated heterocycles. The van der Waals surface area contributed by atoms with Crippen molar-refractivity contribution in [1.82, 2.24) is 4.90 Å². The van der Waals surface area contributed by atoms with Crippen molar-refractivity contribution in [3.05, 3.63) is 28.2 Å². The third-order valence-electron chi connectivity index (χ3n) is 5.66. The molecule has 7 nitrogen and oxygen atoms in total. The van der Waals surface area contributed by atoms with E-state index in [0.717, 1.165) is 34.3 Å². The van der Waals surface area contributed by atoms with Crippen LogP contribution < -0.4 is 9.64 Å². The normalized spacial score (nSPS) is 22.1. The van der Waals surface area contributed by atoms with Crippen LogP contribution in [-0.4, -0.2) is 55.4 Å². The number of hydrogen-bond donors (Lipinski definition) is 0. The van der Waals surface area contributed by atoms with E-state index in [0.29, 0.717) is 11.7 Å². The first-order chi connectivity index (χ1) is 13.6.